The lowest BCUT2D eigenvalue weighted by Gasteiger charge is -2.39. The minimum absolute atomic E-state index is 0.0521. The van der Waals surface area contributed by atoms with Crippen molar-refractivity contribution in [2.75, 3.05) is 33.8 Å². The summed E-state index contributed by atoms with van der Waals surface area (Å²) in [5, 5.41) is 3.18. The first kappa shape index (κ1) is 25.5. The third-order valence-corrected chi connectivity index (χ3v) is 7.12. The summed E-state index contributed by atoms with van der Waals surface area (Å²) < 4.78 is 5.30. The number of hydrogen-bond acceptors (Lipinski definition) is 3. The van der Waals surface area contributed by atoms with E-state index in [1.54, 1.807) is 19.1 Å². The Labute approximate surface area is 213 Å². The molecule has 0 aromatic heterocycles. The van der Waals surface area contributed by atoms with Gasteiger partial charge >= 0.3 is 0 Å². The molecule has 0 saturated heterocycles. The van der Waals surface area contributed by atoms with Crippen molar-refractivity contribution in [3.63, 3.8) is 0 Å². The van der Waals surface area contributed by atoms with Gasteiger partial charge in [0.15, 0.2) is 0 Å². The highest BCUT2D eigenvalue weighted by Crippen LogP contribution is 2.42. The van der Waals surface area contributed by atoms with Gasteiger partial charge in [0.1, 0.15) is 12.3 Å². The number of nitrogens with one attached hydrogen (secondary N) is 2. The zero-order valence-electron chi connectivity index (χ0n) is 21.4. The van der Waals surface area contributed by atoms with Crippen LogP contribution in [-0.2, 0) is 11.3 Å². The van der Waals surface area contributed by atoms with Crippen LogP contribution in [0, 0.1) is 0 Å². The lowest BCUT2D eigenvalue weighted by Crippen LogP contribution is -3.10. The predicted molar refractivity (Wildman–Crippen MR) is 141 cm³/mol. The highest BCUT2D eigenvalue weighted by atomic mass is 16.5. The summed E-state index contributed by atoms with van der Waals surface area (Å²) >= 11 is 0. The number of benzene rings is 3. The molecule has 0 radical (unpaired) electrons. The number of amides is 2. The summed E-state index contributed by atoms with van der Waals surface area (Å²) in [5.74, 6) is 0.127. The molecule has 0 saturated carbocycles. The Morgan fingerprint density at radius 1 is 1.00 bits per heavy atom. The molecule has 6 heteroatoms. The topological polar surface area (TPSA) is 63.1 Å². The molecule has 1 aliphatic heterocycles. The fraction of sp³-hybridized carbons (Fsp3) is 0.333. The summed E-state index contributed by atoms with van der Waals surface area (Å²) in [5.41, 5.74) is 3.61. The SMILES string of the molecule is CC[NH+](CCCNC(=O)C1c2ccccc2C(=O)N(C)C1c1ccc(OC)cc1)Cc1ccccc1. The average Bonchev–Trinajstić information content (AvgIpc) is 2.92. The van der Waals surface area contributed by atoms with Crippen LogP contribution in [0.3, 0.4) is 0 Å². The summed E-state index contributed by atoms with van der Waals surface area (Å²) in [7, 11) is 3.40. The van der Waals surface area contributed by atoms with Crippen LogP contribution >= 0.6 is 0 Å². The minimum atomic E-state index is -0.490. The van der Waals surface area contributed by atoms with Crippen molar-refractivity contribution >= 4 is 11.8 Å². The first-order valence-electron chi connectivity index (χ1n) is 12.7. The van der Waals surface area contributed by atoms with Crippen LogP contribution in [0.15, 0.2) is 78.9 Å². The molecule has 3 aromatic carbocycles. The molecule has 1 aliphatic rings. The second-order valence-electron chi connectivity index (χ2n) is 9.36. The number of quaternary nitrogens is 1. The zero-order valence-corrected chi connectivity index (χ0v) is 21.4. The molecule has 0 spiro atoms. The number of rotatable bonds is 10. The van der Waals surface area contributed by atoms with Gasteiger partial charge < -0.3 is 19.9 Å². The van der Waals surface area contributed by atoms with Crippen LogP contribution in [-0.4, -0.2) is 50.5 Å². The van der Waals surface area contributed by atoms with Crippen LogP contribution < -0.4 is 15.0 Å². The Morgan fingerprint density at radius 2 is 1.69 bits per heavy atom. The molecule has 188 valence electrons. The van der Waals surface area contributed by atoms with Gasteiger partial charge in [-0.1, -0.05) is 60.7 Å². The van der Waals surface area contributed by atoms with E-state index in [-0.39, 0.29) is 11.8 Å². The molecule has 0 bridgehead atoms. The highest BCUT2D eigenvalue weighted by molar-refractivity contribution is 6.01. The van der Waals surface area contributed by atoms with Crippen molar-refractivity contribution in [3.05, 3.63) is 101 Å². The van der Waals surface area contributed by atoms with Crippen LogP contribution in [0.1, 0.15) is 52.4 Å². The predicted octanol–water partition coefficient (Wildman–Crippen LogP) is 3.22. The maximum Gasteiger partial charge on any atom is 0.254 e. The number of carbonyl (C=O) groups is 2. The van der Waals surface area contributed by atoms with Gasteiger partial charge in [-0.25, -0.2) is 0 Å². The number of methoxy groups -OCH3 is 1. The quantitative estimate of drug-likeness (QED) is 0.433. The largest absolute Gasteiger partial charge is 0.497 e. The van der Waals surface area contributed by atoms with E-state index in [2.05, 4.69) is 36.5 Å². The van der Waals surface area contributed by atoms with Crippen LogP contribution in [0.2, 0.25) is 0 Å². The number of carbonyl (C=O) groups excluding carboxylic acids is 2. The molecule has 0 aliphatic carbocycles. The number of nitrogens with zero attached hydrogens (tertiary/aromatic N) is 1. The maximum atomic E-state index is 13.6. The Bertz CT molecular complexity index is 1160. The van der Waals surface area contributed by atoms with E-state index in [0.29, 0.717) is 12.1 Å². The number of fused-ring (bicyclic) bond motifs is 1. The van der Waals surface area contributed by atoms with Crippen LogP contribution in [0.25, 0.3) is 0 Å². The average molecular weight is 487 g/mol. The van der Waals surface area contributed by atoms with Gasteiger partial charge in [0.2, 0.25) is 5.91 Å². The van der Waals surface area contributed by atoms with Gasteiger partial charge in [-0.3, -0.25) is 9.59 Å². The van der Waals surface area contributed by atoms with E-state index in [1.807, 2.05) is 54.6 Å². The van der Waals surface area contributed by atoms with E-state index >= 15 is 0 Å². The molecule has 0 fully saturated rings. The summed E-state index contributed by atoms with van der Waals surface area (Å²) in [6.45, 7) is 5.79. The van der Waals surface area contributed by atoms with Gasteiger partial charge in [0.05, 0.1) is 32.2 Å². The lowest BCUT2D eigenvalue weighted by molar-refractivity contribution is -0.912. The monoisotopic (exact) mass is 486 g/mol. The smallest absolute Gasteiger partial charge is 0.254 e. The first-order chi connectivity index (χ1) is 17.5. The molecular weight excluding hydrogens is 450 g/mol. The van der Waals surface area contributed by atoms with Crippen LogP contribution in [0.4, 0.5) is 0 Å². The van der Waals surface area contributed by atoms with E-state index in [0.717, 1.165) is 42.9 Å². The second kappa shape index (κ2) is 11.9. The normalized spacial score (nSPS) is 17.9. The van der Waals surface area contributed by atoms with Crippen molar-refractivity contribution < 1.29 is 19.2 Å². The molecule has 3 atom stereocenters. The Morgan fingerprint density at radius 3 is 2.39 bits per heavy atom. The molecule has 6 nitrogen and oxygen atoms in total. The summed E-state index contributed by atoms with van der Waals surface area (Å²) in [6, 6.07) is 25.2. The Balaban J connectivity index is 1.48. The standard InChI is InChI=1S/C30H35N3O3/c1-4-33(21-22-11-6-5-7-12-22)20-10-19-31-29(34)27-25-13-8-9-14-26(25)30(35)32(2)28(27)23-15-17-24(36-3)18-16-23/h5-9,11-18,27-28H,4,10,19-21H2,1-3H3,(H,31,34)/p+1. The van der Waals surface area contributed by atoms with E-state index < -0.39 is 12.0 Å². The van der Waals surface area contributed by atoms with Gasteiger partial charge in [-0.2, -0.15) is 0 Å². The fourth-order valence-electron chi connectivity index (χ4n) is 5.11. The number of likely N-dealkylation sites (N-methyl/N-ethyl adjacent to an activating group) is 1. The van der Waals surface area contributed by atoms with Gasteiger partial charge in [-0.15, -0.1) is 0 Å². The van der Waals surface area contributed by atoms with Crippen molar-refractivity contribution in [1.82, 2.24) is 10.2 Å². The number of ether oxygens (including phenoxy) is 1. The molecule has 3 unspecified atom stereocenters. The zero-order chi connectivity index (χ0) is 25.5. The second-order valence-corrected chi connectivity index (χ2v) is 9.36. The molecule has 2 amide bonds. The Hall–Kier alpha value is -3.64. The molecule has 2 N–H and O–H groups in total. The summed E-state index contributed by atoms with van der Waals surface area (Å²) in [4.78, 5) is 30.0. The Kier molecular flexibility index (Phi) is 8.39. The first-order valence-corrected chi connectivity index (χ1v) is 12.7. The van der Waals surface area contributed by atoms with Crippen molar-refractivity contribution in [2.24, 2.45) is 0 Å². The van der Waals surface area contributed by atoms with E-state index in [1.165, 1.54) is 10.5 Å². The lowest BCUT2D eigenvalue weighted by atomic mass is 9.79. The minimum Gasteiger partial charge on any atom is -0.497 e. The molecule has 4 rings (SSSR count). The van der Waals surface area contributed by atoms with E-state index in [4.69, 9.17) is 4.74 Å². The van der Waals surface area contributed by atoms with Gasteiger partial charge in [0.25, 0.3) is 5.91 Å². The third kappa shape index (κ3) is 5.60. The van der Waals surface area contributed by atoms with Crippen molar-refractivity contribution in [3.8, 4) is 5.75 Å². The summed E-state index contributed by atoms with van der Waals surface area (Å²) in [6.07, 6.45) is 0.887. The number of hydrogen-bond donors (Lipinski definition) is 2. The van der Waals surface area contributed by atoms with Crippen molar-refractivity contribution in [1.29, 1.82) is 0 Å². The third-order valence-electron chi connectivity index (χ3n) is 7.12. The highest BCUT2D eigenvalue weighted by Gasteiger charge is 2.42. The fourth-order valence-corrected chi connectivity index (χ4v) is 5.11. The molecule has 36 heavy (non-hydrogen) atoms. The molecule has 3 aromatic rings. The van der Waals surface area contributed by atoms with E-state index in [9.17, 15) is 9.59 Å². The van der Waals surface area contributed by atoms with Gasteiger partial charge in [-0.05, 0) is 36.2 Å². The van der Waals surface area contributed by atoms with Crippen molar-refractivity contribution in [2.45, 2.75) is 31.8 Å². The molecular formula is C30H36N3O3+. The van der Waals surface area contributed by atoms with Gasteiger partial charge in [0, 0.05) is 31.1 Å². The van der Waals surface area contributed by atoms with Crippen LogP contribution in [0.5, 0.6) is 5.75 Å². The maximum absolute atomic E-state index is 13.6. The molecule has 1 heterocycles.